The lowest BCUT2D eigenvalue weighted by Crippen LogP contribution is -2.30. The van der Waals surface area contributed by atoms with Gasteiger partial charge < -0.3 is 14.8 Å². The van der Waals surface area contributed by atoms with Gasteiger partial charge in [0.2, 0.25) is 0 Å². The van der Waals surface area contributed by atoms with Crippen LogP contribution in [0.2, 0.25) is 0 Å². The molecular weight excluding hydrogens is 374 g/mol. The summed E-state index contributed by atoms with van der Waals surface area (Å²) in [5.41, 5.74) is 3.86. The number of nitrogens with one attached hydrogen (secondary N) is 1. The molecule has 0 spiro atoms. The Kier molecular flexibility index (Phi) is 7.94. The maximum absolute atomic E-state index is 12.4. The summed E-state index contributed by atoms with van der Waals surface area (Å²) in [5, 5.41) is 7.03. The molecule has 0 aliphatic heterocycles. The molecule has 0 saturated heterocycles. The minimum atomic E-state index is -0.583. The van der Waals surface area contributed by atoms with Crippen LogP contribution in [-0.4, -0.2) is 47.9 Å². The third-order valence-electron chi connectivity index (χ3n) is 4.48. The average molecular weight is 401 g/mol. The van der Waals surface area contributed by atoms with Gasteiger partial charge in [-0.05, 0) is 32.8 Å². The highest BCUT2D eigenvalue weighted by molar-refractivity contribution is 5.93. The van der Waals surface area contributed by atoms with Gasteiger partial charge in [-0.25, -0.2) is 4.79 Å². The number of benzene rings is 1. The summed E-state index contributed by atoms with van der Waals surface area (Å²) in [4.78, 5) is 35.3. The number of hydrogen-bond donors (Lipinski definition) is 1. The van der Waals surface area contributed by atoms with Crippen molar-refractivity contribution >= 4 is 17.8 Å². The van der Waals surface area contributed by atoms with Gasteiger partial charge in [0.05, 0.1) is 25.0 Å². The maximum Gasteiger partial charge on any atom is 0.342 e. The molecule has 0 saturated carbocycles. The van der Waals surface area contributed by atoms with E-state index in [0.717, 1.165) is 5.56 Å². The third kappa shape index (κ3) is 6.44. The number of esters is 2. The fraction of sp³-hybridized carbons (Fsp3) is 0.429. The van der Waals surface area contributed by atoms with Crippen molar-refractivity contribution in [1.82, 2.24) is 15.1 Å². The smallest absolute Gasteiger partial charge is 0.342 e. The van der Waals surface area contributed by atoms with Crippen LogP contribution in [-0.2, 0) is 25.6 Å². The Labute approximate surface area is 170 Å². The first kappa shape index (κ1) is 22.1. The summed E-state index contributed by atoms with van der Waals surface area (Å²) in [7, 11) is 1.31. The number of hydrogen-bond acceptors (Lipinski definition) is 6. The van der Waals surface area contributed by atoms with E-state index in [1.54, 1.807) is 18.5 Å². The summed E-state index contributed by atoms with van der Waals surface area (Å²) in [6.45, 7) is 6.02. The van der Waals surface area contributed by atoms with Crippen molar-refractivity contribution in [2.24, 2.45) is 0 Å². The molecule has 8 nitrogen and oxygen atoms in total. The molecule has 1 aromatic carbocycles. The number of nitrogens with zero attached hydrogens (tertiary/aromatic N) is 2. The van der Waals surface area contributed by atoms with Gasteiger partial charge in [-0.15, -0.1) is 0 Å². The molecule has 0 atom stereocenters. The Hall–Kier alpha value is -3.16. The Balaban J connectivity index is 1.88. The number of aromatic nitrogens is 2. The van der Waals surface area contributed by atoms with Gasteiger partial charge in [-0.3, -0.25) is 14.3 Å². The molecule has 0 radical (unpaired) electrons. The second-order valence-electron chi connectivity index (χ2n) is 6.79. The molecular formula is C21H27N3O5. The highest BCUT2D eigenvalue weighted by atomic mass is 16.5. The Morgan fingerprint density at radius 3 is 2.45 bits per heavy atom. The van der Waals surface area contributed by atoms with Crippen LogP contribution in [0.4, 0.5) is 0 Å². The van der Waals surface area contributed by atoms with Crippen LogP contribution < -0.4 is 5.32 Å². The van der Waals surface area contributed by atoms with E-state index in [4.69, 9.17) is 4.74 Å². The molecule has 0 aliphatic carbocycles. The van der Waals surface area contributed by atoms with E-state index in [2.05, 4.69) is 15.2 Å². The van der Waals surface area contributed by atoms with E-state index in [1.165, 1.54) is 12.7 Å². The predicted octanol–water partition coefficient (Wildman–Crippen LogP) is 2.08. The number of ether oxygens (including phenoxy) is 2. The Bertz CT molecular complexity index is 871. The molecule has 1 N–H and O–H groups in total. The summed E-state index contributed by atoms with van der Waals surface area (Å²) in [6, 6.07) is 8.10. The van der Waals surface area contributed by atoms with Crippen molar-refractivity contribution in [2.75, 3.05) is 20.3 Å². The van der Waals surface area contributed by atoms with Gasteiger partial charge in [0.25, 0.3) is 5.91 Å². The van der Waals surface area contributed by atoms with E-state index in [-0.39, 0.29) is 19.0 Å². The van der Waals surface area contributed by atoms with Gasteiger partial charge in [-0.2, -0.15) is 5.10 Å². The number of methoxy groups -OCH3 is 1. The molecule has 8 heteroatoms. The van der Waals surface area contributed by atoms with Crippen molar-refractivity contribution in [3.8, 4) is 0 Å². The number of aryl methyl sites for hydroxylation is 2. The maximum atomic E-state index is 12.4. The molecule has 1 aromatic heterocycles. The predicted molar refractivity (Wildman–Crippen MR) is 107 cm³/mol. The third-order valence-corrected chi connectivity index (χ3v) is 4.48. The van der Waals surface area contributed by atoms with E-state index in [0.29, 0.717) is 36.5 Å². The molecule has 1 amide bonds. The van der Waals surface area contributed by atoms with Crippen LogP contribution in [0.25, 0.3) is 0 Å². The fourth-order valence-corrected chi connectivity index (χ4v) is 2.83. The zero-order valence-corrected chi connectivity index (χ0v) is 17.3. The van der Waals surface area contributed by atoms with Crippen LogP contribution in [0.3, 0.4) is 0 Å². The number of rotatable bonds is 9. The summed E-state index contributed by atoms with van der Waals surface area (Å²) in [6.07, 6.45) is 0.672. The van der Waals surface area contributed by atoms with Crippen LogP contribution in [0.1, 0.15) is 45.7 Å². The number of amides is 1. The van der Waals surface area contributed by atoms with Gasteiger partial charge >= 0.3 is 11.9 Å². The lowest BCUT2D eigenvalue weighted by atomic mass is 10.1. The van der Waals surface area contributed by atoms with Crippen LogP contribution in [0, 0.1) is 20.8 Å². The number of carbonyl (C=O) groups is 3. The molecule has 0 unspecified atom stereocenters. The van der Waals surface area contributed by atoms with Crippen LogP contribution in [0.15, 0.2) is 24.3 Å². The highest BCUT2D eigenvalue weighted by Gasteiger charge is 2.21. The second-order valence-corrected chi connectivity index (χ2v) is 6.79. The van der Waals surface area contributed by atoms with E-state index in [9.17, 15) is 14.4 Å². The largest absolute Gasteiger partial charge is 0.469 e. The molecule has 0 fully saturated rings. The molecule has 2 aromatic rings. The van der Waals surface area contributed by atoms with Gasteiger partial charge in [0.1, 0.15) is 5.56 Å². The second kappa shape index (κ2) is 10.4. The zero-order valence-electron chi connectivity index (χ0n) is 17.3. The zero-order chi connectivity index (χ0) is 21.4. The minimum absolute atomic E-state index is 0.217. The molecule has 0 aliphatic rings. The molecule has 156 valence electrons. The quantitative estimate of drug-likeness (QED) is 0.510. The van der Waals surface area contributed by atoms with Crippen molar-refractivity contribution < 1.29 is 23.9 Å². The molecule has 0 bridgehead atoms. The number of carbonyl (C=O) groups excluding carboxylic acids is 3. The van der Waals surface area contributed by atoms with Crippen LogP contribution >= 0.6 is 0 Å². The molecule has 29 heavy (non-hydrogen) atoms. The van der Waals surface area contributed by atoms with Gasteiger partial charge in [0.15, 0.2) is 6.61 Å². The van der Waals surface area contributed by atoms with Gasteiger partial charge in [0, 0.05) is 13.0 Å². The summed E-state index contributed by atoms with van der Waals surface area (Å²) in [5.74, 6) is -1.34. The van der Waals surface area contributed by atoms with Crippen molar-refractivity contribution in [3.05, 3.63) is 52.3 Å². The summed E-state index contributed by atoms with van der Waals surface area (Å²) < 4.78 is 11.4. The Morgan fingerprint density at radius 2 is 1.79 bits per heavy atom. The SMILES string of the molecule is COC(=O)CCCNC(=O)COC(=O)c1c(C)nn(Cc2ccc(C)cc2)c1C. The molecule has 1 heterocycles. The monoisotopic (exact) mass is 401 g/mol. The van der Waals surface area contributed by atoms with Crippen molar-refractivity contribution in [3.63, 3.8) is 0 Å². The normalized spacial score (nSPS) is 10.5. The first-order chi connectivity index (χ1) is 13.8. The summed E-state index contributed by atoms with van der Waals surface area (Å²) >= 11 is 0. The van der Waals surface area contributed by atoms with E-state index < -0.39 is 11.9 Å². The topological polar surface area (TPSA) is 99.5 Å². The first-order valence-electron chi connectivity index (χ1n) is 9.42. The van der Waals surface area contributed by atoms with Crippen LogP contribution in [0.5, 0.6) is 0 Å². The van der Waals surface area contributed by atoms with Gasteiger partial charge in [-0.1, -0.05) is 29.8 Å². The van der Waals surface area contributed by atoms with E-state index >= 15 is 0 Å². The first-order valence-corrected chi connectivity index (χ1v) is 9.42. The van der Waals surface area contributed by atoms with Crippen molar-refractivity contribution in [2.45, 2.75) is 40.2 Å². The fourth-order valence-electron chi connectivity index (χ4n) is 2.83. The minimum Gasteiger partial charge on any atom is -0.469 e. The Morgan fingerprint density at radius 1 is 1.10 bits per heavy atom. The lowest BCUT2D eigenvalue weighted by Gasteiger charge is -2.08. The molecule has 2 rings (SSSR count). The van der Waals surface area contributed by atoms with Crippen molar-refractivity contribution in [1.29, 1.82) is 0 Å². The lowest BCUT2D eigenvalue weighted by molar-refractivity contribution is -0.140. The highest BCUT2D eigenvalue weighted by Crippen LogP contribution is 2.16. The average Bonchev–Trinajstić information content (AvgIpc) is 2.98. The van der Waals surface area contributed by atoms with E-state index in [1.807, 2.05) is 31.2 Å². The standard InChI is InChI=1S/C21H27N3O5/c1-14-7-9-17(10-8-14)12-24-16(3)20(15(2)23-24)21(27)29-13-18(25)22-11-5-6-19(26)28-4/h7-10H,5-6,11-13H2,1-4H3,(H,22,25).